The fraction of sp³-hybridized carbons (Fsp3) is 0.500. The van der Waals surface area contributed by atoms with Gasteiger partial charge in [-0.15, -0.1) is 5.16 Å². The lowest BCUT2D eigenvalue weighted by Crippen LogP contribution is -2.34. The van der Waals surface area contributed by atoms with Crippen molar-refractivity contribution in [2.24, 2.45) is 11.1 Å². The number of oxime groups is 1. The van der Waals surface area contributed by atoms with Crippen molar-refractivity contribution in [1.82, 2.24) is 4.90 Å². The van der Waals surface area contributed by atoms with Gasteiger partial charge in [0.2, 0.25) is 12.3 Å². The number of allylic oxidation sites excluding steroid dienone is 1. The van der Waals surface area contributed by atoms with Crippen molar-refractivity contribution in [3.63, 3.8) is 0 Å². The minimum absolute atomic E-state index is 0.0108. The molecule has 0 aliphatic carbocycles. The molecule has 0 aliphatic rings. The van der Waals surface area contributed by atoms with Gasteiger partial charge in [-0.1, -0.05) is 26.0 Å². The first-order chi connectivity index (χ1) is 7.17. The van der Waals surface area contributed by atoms with Crippen molar-refractivity contribution in [2.45, 2.75) is 20.3 Å². The van der Waals surface area contributed by atoms with Gasteiger partial charge in [-0.3, -0.25) is 14.5 Å². The third-order valence-electron chi connectivity index (χ3n) is 1.82. The molecule has 0 aromatic carbocycles. The van der Waals surface area contributed by atoms with Crippen LogP contribution in [0.2, 0.25) is 0 Å². The predicted octanol–water partition coefficient (Wildman–Crippen LogP) is 1.03. The van der Waals surface area contributed by atoms with Crippen molar-refractivity contribution >= 4 is 18.5 Å². The second-order valence-corrected chi connectivity index (χ2v) is 3.02. The molecule has 0 saturated heterocycles. The molecule has 15 heavy (non-hydrogen) atoms. The molecule has 0 radical (unpaired) electrons. The van der Waals surface area contributed by atoms with Gasteiger partial charge < -0.3 is 5.21 Å². The van der Waals surface area contributed by atoms with Gasteiger partial charge in [0.1, 0.15) is 0 Å². The van der Waals surface area contributed by atoms with Crippen LogP contribution in [0.4, 0.5) is 0 Å². The summed E-state index contributed by atoms with van der Waals surface area (Å²) in [5.74, 6) is -0.656. The second kappa shape index (κ2) is 7.73. The summed E-state index contributed by atoms with van der Waals surface area (Å²) in [5.41, 5.74) is 0. The highest BCUT2D eigenvalue weighted by Crippen LogP contribution is 2.03. The Bertz CT molecular complexity index is 261. The highest BCUT2D eigenvalue weighted by atomic mass is 16.4. The normalized spacial score (nSPS) is 13.2. The van der Waals surface area contributed by atoms with Gasteiger partial charge in [0.05, 0.1) is 18.7 Å². The van der Waals surface area contributed by atoms with E-state index < -0.39 is 0 Å². The summed E-state index contributed by atoms with van der Waals surface area (Å²) in [7, 11) is 0. The van der Waals surface area contributed by atoms with E-state index in [-0.39, 0.29) is 18.4 Å². The predicted molar refractivity (Wildman–Crippen MR) is 56.7 cm³/mol. The number of rotatable bonds is 6. The molecule has 0 bridgehead atoms. The summed E-state index contributed by atoms with van der Waals surface area (Å²) in [4.78, 5) is 23.1. The van der Waals surface area contributed by atoms with E-state index in [1.165, 1.54) is 0 Å². The summed E-state index contributed by atoms with van der Waals surface area (Å²) >= 11 is 0. The van der Waals surface area contributed by atoms with E-state index in [0.29, 0.717) is 6.41 Å². The van der Waals surface area contributed by atoms with Crippen molar-refractivity contribution < 1.29 is 14.8 Å². The topological polar surface area (TPSA) is 70.0 Å². The van der Waals surface area contributed by atoms with Crippen molar-refractivity contribution in [1.29, 1.82) is 0 Å². The molecule has 0 saturated carbocycles. The molecule has 0 spiro atoms. The maximum atomic E-state index is 11.6. The van der Waals surface area contributed by atoms with Crippen molar-refractivity contribution in [3.05, 3.63) is 12.2 Å². The second-order valence-electron chi connectivity index (χ2n) is 3.02. The lowest BCUT2D eigenvalue weighted by atomic mass is 10.1. The third-order valence-corrected chi connectivity index (χ3v) is 1.82. The minimum Gasteiger partial charge on any atom is -0.411 e. The van der Waals surface area contributed by atoms with Crippen LogP contribution in [0.15, 0.2) is 17.3 Å². The summed E-state index contributed by atoms with van der Waals surface area (Å²) in [6.45, 7) is 3.66. The molecule has 2 amide bonds. The highest BCUT2D eigenvalue weighted by Gasteiger charge is 2.16. The van der Waals surface area contributed by atoms with Crippen LogP contribution < -0.4 is 0 Å². The first-order valence-electron chi connectivity index (χ1n) is 4.75. The summed E-state index contributed by atoms with van der Waals surface area (Å²) in [6.07, 6.45) is 5.97. The smallest absolute Gasteiger partial charge is 0.235 e. The number of imide groups is 1. The molecule has 84 valence electrons. The Hall–Kier alpha value is -1.65. The summed E-state index contributed by atoms with van der Waals surface area (Å²) in [5, 5.41) is 10.9. The Labute approximate surface area is 89.1 Å². The zero-order valence-corrected chi connectivity index (χ0v) is 8.96. The third kappa shape index (κ3) is 4.95. The Morgan fingerprint density at radius 2 is 2.27 bits per heavy atom. The molecule has 0 rings (SSSR count). The lowest BCUT2D eigenvalue weighted by Gasteiger charge is -2.15. The zero-order valence-electron chi connectivity index (χ0n) is 8.96. The minimum atomic E-state index is -0.345. The molecule has 0 aromatic rings. The van der Waals surface area contributed by atoms with E-state index in [0.717, 1.165) is 17.5 Å². The van der Waals surface area contributed by atoms with Crippen LogP contribution in [0, 0.1) is 5.92 Å². The zero-order chi connectivity index (χ0) is 11.7. The molecule has 1 atom stereocenters. The van der Waals surface area contributed by atoms with Gasteiger partial charge in [-0.05, 0) is 6.42 Å². The first kappa shape index (κ1) is 13.4. The van der Waals surface area contributed by atoms with Crippen LogP contribution in [0.5, 0.6) is 0 Å². The van der Waals surface area contributed by atoms with Crippen LogP contribution >= 0.6 is 0 Å². The number of amides is 2. The molecule has 1 unspecified atom stereocenters. The Morgan fingerprint density at radius 3 is 2.73 bits per heavy atom. The average Bonchev–Trinajstić information content (AvgIpc) is 2.26. The van der Waals surface area contributed by atoms with E-state index in [4.69, 9.17) is 5.21 Å². The van der Waals surface area contributed by atoms with Gasteiger partial charge in [0.25, 0.3) is 0 Å². The molecule has 1 N–H and O–H groups in total. The van der Waals surface area contributed by atoms with E-state index in [9.17, 15) is 9.59 Å². The Balaban J connectivity index is 4.36. The van der Waals surface area contributed by atoms with Gasteiger partial charge in [-0.2, -0.15) is 0 Å². The number of hydrogen-bond acceptors (Lipinski definition) is 4. The molecule has 0 aromatic heterocycles. The molecular weight excluding hydrogens is 196 g/mol. The monoisotopic (exact) mass is 212 g/mol. The van der Waals surface area contributed by atoms with E-state index >= 15 is 0 Å². The molecule has 0 aliphatic heterocycles. The Morgan fingerprint density at radius 1 is 1.60 bits per heavy atom. The maximum Gasteiger partial charge on any atom is 0.235 e. The maximum absolute atomic E-state index is 11.6. The van der Waals surface area contributed by atoms with Crippen LogP contribution in [-0.2, 0) is 9.59 Å². The van der Waals surface area contributed by atoms with E-state index in [1.807, 2.05) is 13.0 Å². The fourth-order valence-electron chi connectivity index (χ4n) is 0.994. The molecule has 0 heterocycles. The number of carbonyl (C=O) groups excluding carboxylic acids is 2. The fourth-order valence-corrected chi connectivity index (χ4v) is 0.994. The van der Waals surface area contributed by atoms with E-state index in [2.05, 4.69) is 5.16 Å². The van der Waals surface area contributed by atoms with Gasteiger partial charge in [0.15, 0.2) is 0 Å². The molecular formula is C10H16N2O3. The average molecular weight is 212 g/mol. The van der Waals surface area contributed by atoms with Gasteiger partial charge >= 0.3 is 0 Å². The van der Waals surface area contributed by atoms with Gasteiger partial charge in [-0.25, -0.2) is 0 Å². The van der Waals surface area contributed by atoms with Crippen molar-refractivity contribution in [3.8, 4) is 0 Å². The summed E-state index contributed by atoms with van der Waals surface area (Å²) < 4.78 is 0. The molecule has 5 heteroatoms. The lowest BCUT2D eigenvalue weighted by molar-refractivity contribution is -0.138. The molecule has 0 fully saturated rings. The van der Waals surface area contributed by atoms with Crippen LogP contribution in [0.25, 0.3) is 0 Å². The number of hydrogen-bond donors (Lipinski definition) is 1. The standard InChI is InChI=1S/C10H16N2O3/c1-3-4-5-9(2)10(14)12(8-13)7-6-11-15/h4-6,8-9,15H,3,7H2,1-2H3/b5-4-,11-6+. The largest absolute Gasteiger partial charge is 0.411 e. The number of nitrogens with zero attached hydrogens (tertiary/aromatic N) is 2. The SMILES string of the molecule is CC/C=C\C(C)C(=O)N(C=O)C/C=N/O. The van der Waals surface area contributed by atoms with Crippen LogP contribution in [0.3, 0.4) is 0 Å². The summed E-state index contributed by atoms with van der Waals surface area (Å²) in [6, 6.07) is 0. The van der Waals surface area contributed by atoms with E-state index in [1.54, 1.807) is 13.0 Å². The van der Waals surface area contributed by atoms with Crippen LogP contribution in [0.1, 0.15) is 20.3 Å². The van der Waals surface area contributed by atoms with Crippen LogP contribution in [-0.4, -0.2) is 35.2 Å². The highest BCUT2D eigenvalue weighted by molar-refractivity contribution is 5.91. The van der Waals surface area contributed by atoms with Gasteiger partial charge in [0, 0.05) is 0 Å². The first-order valence-corrected chi connectivity index (χ1v) is 4.75. The van der Waals surface area contributed by atoms with Crippen molar-refractivity contribution in [2.75, 3.05) is 6.54 Å². The Kier molecular flexibility index (Phi) is 6.88. The quantitative estimate of drug-likeness (QED) is 0.235. The number of carbonyl (C=O) groups is 2. The molecule has 5 nitrogen and oxygen atoms in total.